The van der Waals surface area contributed by atoms with Gasteiger partial charge in [0.1, 0.15) is 0 Å². The minimum Gasteiger partial charge on any atom is -0.352 e. The smallest absolute Gasteiger partial charge is 0.237 e. The van der Waals surface area contributed by atoms with E-state index in [1.807, 2.05) is 25.1 Å². The molecular weight excluding hydrogens is 334 g/mol. The molecule has 1 aliphatic carbocycles. The van der Waals surface area contributed by atoms with Gasteiger partial charge in [0.05, 0.1) is 6.04 Å². The van der Waals surface area contributed by atoms with Crippen LogP contribution in [0.4, 0.5) is 0 Å². The number of nitrogens with zero attached hydrogens (tertiary/aromatic N) is 2. The van der Waals surface area contributed by atoms with Crippen molar-refractivity contribution >= 4 is 17.5 Å². The molecule has 2 atom stereocenters. The highest BCUT2D eigenvalue weighted by atomic mass is 35.5. The number of carbonyl (C=O) groups is 1. The summed E-state index contributed by atoms with van der Waals surface area (Å²) in [5, 5.41) is 4.07. The van der Waals surface area contributed by atoms with Gasteiger partial charge in [0.15, 0.2) is 0 Å². The predicted octanol–water partition coefficient (Wildman–Crippen LogP) is 3.47. The molecule has 1 aromatic rings. The van der Waals surface area contributed by atoms with E-state index in [2.05, 4.69) is 28.1 Å². The molecule has 1 saturated heterocycles. The normalized spacial score (nSPS) is 22.7. The third kappa shape index (κ3) is 4.55. The number of rotatable bonds is 5. The van der Waals surface area contributed by atoms with Gasteiger partial charge in [0.25, 0.3) is 0 Å². The zero-order valence-electron chi connectivity index (χ0n) is 15.4. The van der Waals surface area contributed by atoms with Crippen LogP contribution in [0.5, 0.6) is 0 Å². The molecule has 2 aliphatic rings. The number of benzene rings is 1. The lowest BCUT2D eigenvalue weighted by Crippen LogP contribution is -2.55. The molecule has 25 heavy (non-hydrogen) atoms. The van der Waals surface area contributed by atoms with Crippen molar-refractivity contribution in [2.24, 2.45) is 0 Å². The second-order valence-corrected chi connectivity index (χ2v) is 7.84. The largest absolute Gasteiger partial charge is 0.352 e. The molecular formula is C20H30ClN3O. The number of piperazine rings is 1. The third-order valence-corrected chi connectivity index (χ3v) is 6.22. The van der Waals surface area contributed by atoms with Crippen LogP contribution in [-0.4, -0.2) is 54.0 Å². The van der Waals surface area contributed by atoms with Crippen LogP contribution in [0, 0.1) is 0 Å². The standard InChI is InChI=1S/C20H30ClN3O/c1-15(18-9-5-6-10-19(18)21)23-11-13-24(14-12-23)16(2)20(25)22-17-7-3-4-8-17/h5-6,9-10,15-17H,3-4,7-8,11-14H2,1-2H3,(H,22,25)/t15-,16-/m0/s1. The molecule has 2 fully saturated rings. The highest BCUT2D eigenvalue weighted by Gasteiger charge is 2.29. The topological polar surface area (TPSA) is 35.6 Å². The first-order valence-electron chi connectivity index (χ1n) is 9.59. The van der Waals surface area contributed by atoms with Crippen LogP contribution >= 0.6 is 11.6 Å². The summed E-state index contributed by atoms with van der Waals surface area (Å²) >= 11 is 6.35. The molecule has 4 nitrogen and oxygen atoms in total. The van der Waals surface area contributed by atoms with Gasteiger partial charge in [-0.25, -0.2) is 0 Å². The van der Waals surface area contributed by atoms with Crippen LogP contribution in [-0.2, 0) is 4.79 Å². The van der Waals surface area contributed by atoms with E-state index in [0.29, 0.717) is 12.1 Å². The maximum Gasteiger partial charge on any atom is 0.237 e. The van der Waals surface area contributed by atoms with Crippen molar-refractivity contribution in [1.29, 1.82) is 0 Å². The maximum absolute atomic E-state index is 12.5. The summed E-state index contributed by atoms with van der Waals surface area (Å²) in [6.45, 7) is 8.04. The number of amides is 1. The minimum atomic E-state index is -0.0432. The van der Waals surface area contributed by atoms with Crippen molar-refractivity contribution in [3.63, 3.8) is 0 Å². The summed E-state index contributed by atoms with van der Waals surface area (Å²) in [6.07, 6.45) is 4.78. The fourth-order valence-electron chi connectivity index (χ4n) is 4.08. The molecule has 0 radical (unpaired) electrons. The van der Waals surface area contributed by atoms with Crippen molar-refractivity contribution in [2.45, 2.75) is 57.7 Å². The van der Waals surface area contributed by atoms with Gasteiger partial charge in [-0.15, -0.1) is 0 Å². The summed E-state index contributed by atoms with van der Waals surface area (Å²) in [4.78, 5) is 17.3. The lowest BCUT2D eigenvalue weighted by atomic mass is 10.1. The Hall–Kier alpha value is -1.10. The average Bonchev–Trinajstić information content (AvgIpc) is 3.14. The maximum atomic E-state index is 12.5. The molecule has 1 N–H and O–H groups in total. The van der Waals surface area contributed by atoms with Gasteiger partial charge in [0, 0.05) is 43.3 Å². The monoisotopic (exact) mass is 363 g/mol. The van der Waals surface area contributed by atoms with Crippen LogP contribution in [0.2, 0.25) is 5.02 Å². The molecule has 0 unspecified atom stereocenters. The van der Waals surface area contributed by atoms with Crippen molar-refractivity contribution in [1.82, 2.24) is 15.1 Å². The summed E-state index contributed by atoms with van der Waals surface area (Å²) in [6, 6.07) is 8.74. The van der Waals surface area contributed by atoms with E-state index in [0.717, 1.165) is 44.0 Å². The van der Waals surface area contributed by atoms with Crippen LogP contribution in [0.1, 0.15) is 51.1 Å². The zero-order chi connectivity index (χ0) is 17.8. The highest BCUT2D eigenvalue weighted by Crippen LogP contribution is 2.28. The van der Waals surface area contributed by atoms with E-state index < -0.39 is 0 Å². The molecule has 5 heteroatoms. The number of hydrogen-bond acceptors (Lipinski definition) is 3. The van der Waals surface area contributed by atoms with Gasteiger partial charge in [-0.05, 0) is 38.3 Å². The predicted molar refractivity (Wildman–Crippen MR) is 103 cm³/mol. The molecule has 1 aliphatic heterocycles. The van der Waals surface area contributed by atoms with E-state index >= 15 is 0 Å². The Kier molecular flexibility index (Phi) is 6.37. The first-order chi connectivity index (χ1) is 12.1. The van der Waals surface area contributed by atoms with Gasteiger partial charge in [-0.2, -0.15) is 0 Å². The summed E-state index contributed by atoms with van der Waals surface area (Å²) in [7, 11) is 0. The van der Waals surface area contributed by atoms with E-state index in [9.17, 15) is 4.79 Å². The Balaban J connectivity index is 1.51. The lowest BCUT2D eigenvalue weighted by molar-refractivity contribution is -0.127. The Bertz CT molecular complexity index is 580. The molecule has 0 aromatic heterocycles. The quantitative estimate of drug-likeness (QED) is 0.870. The second kappa shape index (κ2) is 8.52. The zero-order valence-corrected chi connectivity index (χ0v) is 16.1. The van der Waals surface area contributed by atoms with Crippen molar-refractivity contribution in [2.75, 3.05) is 26.2 Å². The van der Waals surface area contributed by atoms with Gasteiger partial charge < -0.3 is 5.32 Å². The van der Waals surface area contributed by atoms with Gasteiger partial charge in [-0.3, -0.25) is 14.6 Å². The number of halogens is 1. The van der Waals surface area contributed by atoms with E-state index in [1.165, 1.54) is 18.4 Å². The Morgan fingerprint density at radius 1 is 1.08 bits per heavy atom. The van der Waals surface area contributed by atoms with Crippen molar-refractivity contribution < 1.29 is 4.79 Å². The fourth-order valence-corrected chi connectivity index (χ4v) is 4.37. The number of nitrogens with one attached hydrogen (secondary N) is 1. The van der Waals surface area contributed by atoms with Crippen LogP contribution < -0.4 is 5.32 Å². The molecule has 1 saturated carbocycles. The van der Waals surface area contributed by atoms with Crippen molar-refractivity contribution in [3.05, 3.63) is 34.9 Å². The Labute approximate surface area is 156 Å². The van der Waals surface area contributed by atoms with Crippen LogP contribution in [0.3, 0.4) is 0 Å². The summed E-state index contributed by atoms with van der Waals surface area (Å²) < 4.78 is 0. The van der Waals surface area contributed by atoms with Crippen LogP contribution in [0.15, 0.2) is 24.3 Å². The highest BCUT2D eigenvalue weighted by molar-refractivity contribution is 6.31. The summed E-state index contributed by atoms with van der Waals surface area (Å²) in [5.41, 5.74) is 1.18. The first-order valence-corrected chi connectivity index (χ1v) is 9.97. The molecule has 138 valence electrons. The minimum absolute atomic E-state index is 0.0432. The Morgan fingerprint density at radius 2 is 1.68 bits per heavy atom. The summed E-state index contributed by atoms with van der Waals surface area (Å²) in [5.74, 6) is 0.194. The van der Waals surface area contributed by atoms with Gasteiger partial charge >= 0.3 is 0 Å². The van der Waals surface area contributed by atoms with Crippen LogP contribution in [0.25, 0.3) is 0 Å². The SMILES string of the molecule is C[C@@H](C(=O)NC1CCCC1)N1CCN([C@@H](C)c2ccccc2Cl)CC1. The molecule has 0 spiro atoms. The lowest BCUT2D eigenvalue weighted by Gasteiger charge is -2.40. The second-order valence-electron chi connectivity index (χ2n) is 7.44. The van der Waals surface area contributed by atoms with E-state index in [4.69, 9.17) is 11.6 Å². The molecule has 1 heterocycles. The molecule has 0 bridgehead atoms. The van der Waals surface area contributed by atoms with Gasteiger partial charge in [0.2, 0.25) is 5.91 Å². The van der Waals surface area contributed by atoms with Gasteiger partial charge in [-0.1, -0.05) is 42.6 Å². The molecule has 1 aromatic carbocycles. The fraction of sp³-hybridized carbons (Fsp3) is 0.650. The Morgan fingerprint density at radius 3 is 2.32 bits per heavy atom. The molecule has 1 amide bonds. The third-order valence-electron chi connectivity index (χ3n) is 5.88. The van der Waals surface area contributed by atoms with E-state index in [1.54, 1.807) is 0 Å². The first kappa shape index (κ1) is 18.7. The number of carbonyl (C=O) groups excluding carboxylic acids is 1. The molecule has 3 rings (SSSR count). The average molecular weight is 364 g/mol. The van der Waals surface area contributed by atoms with E-state index in [-0.39, 0.29) is 11.9 Å². The number of hydrogen-bond donors (Lipinski definition) is 1. The van der Waals surface area contributed by atoms with Crippen molar-refractivity contribution in [3.8, 4) is 0 Å².